The summed E-state index contributed by atoms with van der Waals surface area (Å²) in [7, 11) is 1.83. The number of nitrogen functional groups attached to an aromatic ring is 1. The average Bonchev–Trinajstić information content (AvgIpc) is 2.25. The van der Waals surface area contributed by atoms with E-state index in [9.17, 15) is 8.78 Å². The molecule has 0 atom stereocenters. The van der Waals surface area contributed by atoms with E-state index in [1.807, 2.05) is 11.9 Å². The fourth-order valence-electron chi connectivity index (χ4n) is 1.67. The molecule has 4 heteroatoms. The van der Waals surface area contributed by atoms with Gasteiger partial charge in [0.25, 0.3) is 6.43 Å². The molecule has 0 amide bonds. The Labute approximate surface area is 101 Å². The van der Waals surface area contributed by atoms with Gasteiger partial charge in [-0.25, -0.2) is 8.78 Å². The molecule has 17 heavy (non-hydrogen) atoms. The van der Waals surface area contributed by atoms with Crippen LogP contribution in [0.1, 0.15) is 32.3 Å². The monoisotopic (exact) mass is 242 g/mol. The van der Waals surface area contributed by atoms with Crippen molar-refractivity contribution in [3.05, 3.63) is 23.8 Å². The molecule has 0 unspecified atom stereocenters. The highest BCUT2D eigenvalue weighted by Gasteiger charge is 2.16. The van der Waals surface area contributed by atoms with Crippen molar-refractivity contribution in [1.82, 2.24) is 0 Å². The second-order valence-electron chi connectivity index (χ2n) is 4.72. The number of anilines is 2. The van der Waals surface area contributed by atoms with Crippen LogP contribution in [0.15, 0.2) is 18.2 Å². The maximum Gasteiger partial charge on any atom is 0.265 e. The Morgan fingerprint density at radius 3 is 2.47 bits per heavy atom. The highest BCUT2D eigenvalue weighted by Crippen LogP contribution is 2.31. The first-order valence-electron chi connectivity index (χ1n) is 5.80. The Kier molecular flexibility index (Phi) is 4.73. The van der Waals surface area contributed by atoms with Crippen molar-refractivity contribution in [1.29, 1.82) is 0 Å². The normalized spacial score (nSPS) is 11.2. The number of halogens is 2. The smallest absolute Gasteiger partial charge is 0.265 e. The van der Waals surface area contributed by atoms with Gasteiger partial charge in [-0.05, 0) is 30.5 Å². The third kappa shape index (κ3) is 3.88. The first-order chi connectivity index (χ1) is 7.91. The zero-order chi connectivity index (χ0) is 13.0. The summed E-state index contributed by atoms with van der Waals surface area (Å²) in [5, 5.41) is 0. The summed E-state index contributed by atoms with van der Waals surface area (Å²) in [6.45, 7) is 5.00. The summed E-state index contributed by atoms with van der Waals surface area (Å²) in [5.41, 5.74) is 6.49. The van der Waals surface area contributed by atoms with E-state index in [4.69, 9.17) is 5.73 Å². The van der Waals surface area contributed by atoms with Gasteiger partial charge in [0.2, 0.25) is 0 Å². The van der Waals surface area contributed by atoms with Crippen LogP contribution in [-0.2, 0) is 0 Å². The largest absolute Gasteiger partial charge is 0.399 e. The van der Waals surface area contributed by atoms with E-state index in [-0.39, 0.29) is 5.56 Å². The molecule has 0 saturated heterocycles. The maximum atomic E-state index is 12.9. The van der Waals surface area contributed by atoms with Gasteiger partial charge in [0.1, 0.15) is 0 Å². The highest BCUT2D eigenvalue weighted by molar-refractivity contribution is 5.59. The van der Waals surface area contributed by atoms with E-state index in [2.05, 4.69) is 13.8 Å². The predicted octanol–water partition coefficient (Wildman–Crippen LogP) is 3.69. The van der Waals surface area contributed by atoms with Crippen molar-refractivity contribution in [2.75, 3.05) is 24.2 Å². The van der Waals surface area contributed by atoms with E-state index in [0.29, 0.717) is 17.3 Å². The lowest BCUT2D eigenvalue weighted by Crippen LogP contribution is -2.21. The molecule has 2 nitrogen and oxygen atoms in total. The van der Waals surface area contributed by atoms with Crippen molar-refractivity contribution in [3.8, 4) is 0 Å². The lowest BCUT2D eigenvalue weighted by molar-refractivity contribution is 0.152. The second-order valence-corrected chi connectivity index (χ2v) is 4.72. The first kappa shape index (κ1) is 13.7. The maximum absolute atomic E-state index is 12.9. The van der Waals surface area contributed by atoms with Crippen molar-refractivity contribution >= 4 is 11.4 Å². The molecule has 0 spiro atoms. The lowest BCUT2D eigenvalue weighted by Gasteiger charge is -2.23. The summed E-state index contributed by atoms with van der Waals surface area (Å²) >= 11 is 0. The second kappa shape index (κ2) is 5.84. The van der Waals surface area contributed by atoms with E-state index in [0.717, 1.165) is 13.0 Å². The summed E-state index contributed by atoms with van der Waals surface area (Å²) in [6.07, 6.45) is -1.51. The molecule has 0 saturated carbocycles. The van der Waals surface area contributed by atoms with Gasteiger partial charge in [0.05, 0.1) is 0 Å². The number of hydrogen-bond acceptors (Lipinski definition) is 2. The Hall–Kier alpha value is -1.32. The van der Waals surface area contributed by atoms with Gasteiger partial charge in [-0.1, -0.05) is 13.8 Å². The number of benzene rings is 1. The van der Waals surface area contributed by atoms with Gasteiger partial charge in [0.15, 0.2) is 0 Å². The number of hydrogen-bond donors (Lipinski definition) is 1. The van der Waals surface area contributed by atoms with Crippen LogP contribution in [-0.4, -0.2) is 13.6 Å². The summed E-state index contributed by atoms with van der Waals surface area (Å²) in [5.74, 6) is 0.557. The average molecular weight is 242 g/mol. The van der Waals surface area contributed by atoms with Crippen LogP contribution in [0, 0.1) is 5.92 Å². The van der Waals surface area contributed by atoms with Crippen molar-refractivity contribution in [2.24, 2.45) is 5.92 Å². The molecule has 1 aromatic rings. The van der Waals surface area contributed by atoms with Crippen molar-refractivity contribution < 1.29 is 8.78 Å². The van der Waals surface area contributed by atoms with Crippen molar-refractivity contribution in [3.63, 3.8) is 0 Å². The molecule has 1 aromatic carbocycles. The molecule has 0 aliphatic carbocycles. The predicted molar refractivity (Wildman–Crippen MR) is 68.5 cm³/mol. The SMILES string of the molecule is CC(C)CCN(C)c1ccc(N)cc1C(F)F. The standard InChI is InChI=1S/C13H20F2N2/c1-9(2)6-7-17(3)12-5-4-10(16)8-11(12)13(14)15/h4-5,8-9,13H,6-7,16H2,1-3H3. The summed E-state index contributed by atoms with van der Waals surface area (Å²) in [6, 6.07) is 4.68. The number of rotatable bonds is 5. The van der Waals surface area contributed by atoms with E-state index in [1.54, 1.807) is 12.1 Å². The van der Waals surface area contributed by atoms with Crippen LogP contribution in [0.4, 0.5) is 20.2 Å². The zero-order valence-electron chi connectivity index (χ0n) is 10.6. The Morgan fingerprint density at radius 1 is 1.29 bits per heavy atom. The van der Waals surface area contributed by atoms with Gasteiger partial charge in [-0.15, -0.1) is 0 Å². The van der Waals surface area contributed by atoms with Crippen molar-refractivity contribution in [2.45, 2.75) is 26.7 Å². The molecule has 0 heterocycles. The summed E-state index contributed by atoms with van der Waals surface area (Å²) in [4.78, 5) is 1.86. The number of nitrogens with two attached hydrogens (primary N) is 1. The molecule has 96 valence electrons. The molecule has 2 N–H and O–H groups in total. The first-order valence-corrected chi connectivity index (χ1v) is 5.80. The third-order valence-corrected chi connectivity index (χ3v) is 2.74. The third-order valence-electron chi connectivity index (χ3n) is 2.74. The molecule has 0 aliphatic rings. The van der Waals surface area contributed by atoms with Crippen LogP contribution < -0.4 is 10.6 Å². The van der Waals surface area contributed by atoms with Crippen LogP contribution in [0.2, 0.25) is 0 Å². The topological polar surface area (TPSA) is 29.3 Å². The van der Waals surface area contributed by atoms with Gasteiger partial charge in [0, 0.05) is 30.5 Å². The van der Waals surface area contributed by atoms with Crippen LogP contribution in [0.5, 0.6) is 0 Å². The van der Waals surface area contributed by atoms with E-state index < -0.39 is 6.43 Å². The molecule has 0 aliphatic heterocycles. The van der Waals surface area contributed by atoms with Gasteiger partial charge in [-0.2, -0.15) is 0 Å². The van der Waals surface area contributed by atoms with Gasteiger partial charge < -0.3 is 10.6 Å². The molecule has 1 rings (SSSR count). The molecule has 0 aromatic heterocycles. The molecule has 0 fully saturated rings. The molecule has 0 bridgehead atoms. The fraction of sp³-hybridized carbons (Fsp3) is 0.538. The number of alkyl halides is 2. The van der Waals surface area contributed by atoms with Crippen LogP contribution in [0.25, 0.3) is 0 Å². The van der Waals surface area contributed by atoms with Gasteiger partial charge in [-0.3, -0.25) is 0 Å². The quantitative estimate of drug-likeness (QED) is 0.798. The van der Waals surface area contributed by atoms with Crippen LogP contribution in [0.3, 0.4) is 0 Å². The minimum Gasteiger partial charge on any atom is -0.399 e. The molecule has 0 radical (unpaired) electrons. The Bertz CT molecular complexity index is 364. The highest BCUT2D eigenvalue weighted by atomic mass is 19.3. The van der Waals surface area contributed by atoms with E-state index in [1.165, 1.54) is 6.07 Å². The fourth-order valence-corrected chi connectivity index (χ4v) is 1.67. The molecular formula is C13H20F2N2. The zero-order valence-corrected chi connectivity index (χ0v) is 10.6. The summed E-state index contributed by atoms with van der Waals surface area (Å²) < 4.78 is 25.8. The van der Waals surface area contributed by atoms with E-state index >= 15 is 0 Å². The minimum atomic E-state index is -2.49. The van der Waals surface area contributed by atoms with Gasteiger partial charge >= 0.3 is 0 Å². The molecular weight excluding hydrogens is 222 g/mol. The Balaban J connectivity index is 2.88. The van der Waals surface area contributed by atoms with Crippen LogP contribution >= 0.6 is 0 Å². The number of nitrogens with zero attached hydrogens (tertiary/aromatic N) is 1. The minimum absolute atomic E-state index is 0.0104. The lowest BCUT2D eigenvalue weighted by atomic mass is 10.1. The Morgan fingerprint density at radius 2 is 1.94 bits per heavy atom.